The van der Waals surface area contributed by atoms with Crippen molar-refractivity contribution >= 4 is 5.91 Å². The van der Waals surface area contributed by atoms with Crippen LogP contribution in [0.1, 0.15) is 71.7 Å². The third-order valence-electron chi connectivity index (χ3n) is 4.32. The molecule has 2 heterocycles. The lowest BCUT2D eigenvalue weighted by Crippen LogP contribution is -2.31. The van der Waals surface area contributed by atoms with Gasteiger partial charge in [0.15, 0.2) is 5.76 Å². The van der Waals surface area contributed by atoms with E-state index in [4.69, 9.17) is 4.52 Å². The van der Waals surface area contributed by atoms with Crippen molar-refractivity contribution in [2.45, 2.75) is 52.0 Å². The Kier molecular flexibility index (Phi) is 3.76. The van der Waals surface area contributed by atoms with Gasteiger partial charge in [-0.3, -0.25) is 9.48 Å². The van der Waals surface area contributed by atoms with E-state index in [0.717, 1.165) is 24.8 Å². The lowest BCUT2D eigenvalue weighted by Gasteiger charge is -2.24. The van der Waals surface area contributed by atoms with Gasteiger partial charge in [0.1, 0.15) is 5.56 Å². The van der Waals surface area contributed by atoms with Gasteiger partial charge in [-0.15, -0.1) is 0 Å². The van der Waals surface area contributed by atoms with Gasteiger partial charge in [-0.1, -0.05) is 19.0 Å². The maximum Gasteiger partial charge on any atom is 0.257 e. The summed E-state index contributed by atoms with van der Waals surface area (Å²) in [6.07, 6.45) is 4.87. The molecular weight excluding hydrogens is 280 g/mol. The van der Waals surface area contributed by atoms with Gasteiger partial charge in [0.2, 0.25) is 0 Å². The highest BCUT2D eigenvalue weighted by Gasteiger charge is 2.28. The van der Waals surface area contributed by atoms with E-state index in [1.807, 2.05) is 31.8 Å². The molecule has 6 nitrogen and oxygen atoms in total. The van der Waals surface area contributed by atoms with Crippen molar-refractivity contribution in [1.82, 2.24) is 20.3 Å². The average molecular weight is 302 g/mol. The number of fused-ring (bicyclic) bond motifs is 1. The van der Waals surface area contributed by atoms with Crippen LogP contribution in [0.15, 0.2) is 10.7 Å². The number of rotatable bonds is 3. The molecular formula is C16H22N4O2. The van der Waals surface area contributed by atoms with E-state index in [1.54, 1.807) is 6.92 Å². The molecule has 0 fully saturated rings. The number of hydrogen-bond donors (Lipinski definition) is 1. The zero-order valence-corrected chi connectivity index (χ0v) is 13.5. The maximum atomic E-state index is 12.7. The highest BCUT2D eigenvalue weighted by molar-refractivity contribution is 5.96. The van der Waals surface area contributed by atoms with Crippen LogP contribution < -0.4 is 5.32 Å². The van der Waals surface area contributed by atoms with Crippen molar-refractivity contribution in [3.63, 3.8) is 0 Å². The van der Waals surface area contributed by atoms with Gasteiger partial charge >= 0.3 is 0 Å². The molecule has 1 aliphatic carbocycles. The molecule has 0 saturated heterocycles. The molecule has 118 valence electrons. The minimum atomic E-state index is -0.107. The fraction of sp³-hybridized carbons (Fsp3) is 0.562. The molecule has 0 spiro atoms. The Hall–Kier alpha value is -2.11. The molecule has 6 heteroatoms. The van der Waals surface area contributed by atoms with Crippen molar-refractivity contribution in [3.8, 4) is 0 Å². The average Bonchev–Trinajstić information content (AvgIpc) is 3.04. The normalized spacial score (nSPS) is 17.6. The summed E-state index contributed by atoms with van der Waals surface area (Å²) in [5, 5.41) is 11.4. The van der Waals surface area contributed by atoms with Crippen LogP contribution in [0.25, 0.3) is 0 Å². The van der Waals surface area contributed by atoms with Crippen LogP contribution in [0, 0.1) is 6.92 Å². The second-order valence-corrected chi connectivity index (χ2v) is 6.25. The van der Waals surface area contributed by atoms with Gasteiger partial charge in [-0.2, -0.15) is 5.10 Å². The first-order valence-corrected chi connectivity index (χ1v) is 7.76. The van der Waals surface area contributed by atoms with Crippen molar-refractivity contribution in [2.24, 2.45) is 7.05 Å². The Balaban J connectivity index is 1.86. The van der Waals surface area contributed by atoms with Gasteiger partial charge in [0.25, 0.3) is 5.91 Å². The predicted molar refractivity (Wildman–Crippen MR) is 81.7 cm³/mol. The molecule has 0 aromatic carbocycles. The third kappa shape index (κ3) is 2.42. The quantitative estimate of drug-likeness (QED) is 0.946. The highest BCUT2D eigenvalue weighted by atomic mass is 16.5. The molecule has 3 rings (SSSR count). The van der Waals surface area contributed by atoms with E-state index in [-0.39, 0.29) is 17.9 Å². The number of hydrogen-bond acceptors (Lipinski definition) is 4. The van der Waals surface area contributed by atoms with E-state index in [9.17, 15) is 4.79 Å². The first kappa shape index (κ1) is 14.8. The molecule has 1 N–H and O–H groups in total. The number of aromatic nitrogens is 3. The molecule has 2 aromatic rings. The maximum absolute atomic E-state index is 12.7. The molecule has 1 amide bonds. The Labute approximate surface area is 129 Å². The summed E-state index contributed by atoms with van der Waals surface area (Å²) < 4.78 is 7.21. The van der Waals surface area contributed by atoms with Crippen LogP contribution in [-0.2, 0) is 13.5 Å². The largest absolute Gasteiger partial charge is 0.360 e. The van der Waals surface area contributed by atoms with E-state index in [0.29, 0.717) is 17.0 Å². The standard InChI is InChI=1S/C16H22N4O2/c1-9(2)15-14(10(3)19-22-15)16(21)18-12-6-5-7-13-11(12)8-17-20(13)4/h8-9,12H,5-7H2,1-4H3,(H,18,21). The molecule has 2 aromatic heterocycles. The topological polar surface area (TPSA) is 73.0 Å². The zero-order chi connectivity index (χ0) is 15.9. The predicted octanol–water partition coefficient (Wildman–Crippen LogP) is 2.65. The number of aryl methyl sites for hydroxylation is 2. The molecule has 1 aliphatic rings. The fourth-order valence-electron chi connectivity index (χ4n) is 3.14. The Morgan fingerprint density at radius 2 is 2.27 bits per heavy atom. The number of nitrogens with one attached hydrogen (secondary N) is 1. The van der Waals surface area contributed by atoms with Crippen LogP contribution in [0.4, 0.5) is 0 Å². The van der Waals surface area contributed by atoms with Gasteiger partial charge in [-0.05, 0) is 26.2 Å². The molecule has 0 saturated carbocycles. The molecule has 22 heavy (non-hydrogen) atoms. The highest BCUT2D eigenvalue weighted by Crippen LogP contribution is 2.30. The summed E-state index contributed by atoms with van der Waals surface area (Å²) in [6.45, 7) is 5.80. The Morgan fingerprint density at radius 3 is 3.00 bits per heavy atom. The third-order valence-corrected chi connectivity index (χ3v) is 4.32. The molecule has 0 aliphatic heterocycles. The molecule has 1 unspecified atom stereocenters. The van der Waals surface area contributed by atoms with Crippen molar-refractivity contribution in [1.29, 1.82) is 0 Å². The van der Waals surface area contributed by atoms with E-state index in [1.165, 1.54) is 5.69 Å². The smallest absolute Gasteiger partial charge is 0.257 e. The van der Waals surface area contributed by atoms with E-state index in [2.05, 4.69) is 15.6 Å². The summed E-state index contributed by atoms with van der Waals surface area (Å²) in [7, 11) is 1.95. The summed E-state index contributed by atoms with van der Waals surface area (Å²) in [4.78, 5) is 12.7. The van der Waals surface area contributed by atoms with Crippen LogP contribution >= 0.6 is 0 Å². The summed E-state index contributed by atoms with van der Waals surface area (Å²) in [5.74, 6) is 0.670. The second-order valence-electron chi connectivity index (χ2n) is 6.25. The van der Waals surface area contributed by atoms with E-state index >= 15 is 0 Å². The summed E-state index contributed by atoms with van der Waals surface area (Å²) >= 11 is 0. The lowest BCUT2D eigenvalue weighted by molar-refractivity contribution is 0.0929. The monoisotopic (exact) mass is 302 g/mol. The summed E-state index contributed by atoms with van der Waals surface area (Å²) in [6, 6.07) is 0.0132. The summed E-state index contributed by atoms with van der Waals surface area (Å²) in [5.41, 5.74) is 3.56. The number of amides is 1. The van der Waals surface area contributed by atoms with Crippen molar-refractivity contribution < 1.29 is 9.32 Å². The Morgan fingerprint density at radius 1 is 1.50 bits per heavy atom. The molecule has 0 bridgehead atoms. The first-order valence-electron chi connectivity index (χ1n) is 7.76. The van der Waals surface area contributed by atoms with Crippen molar-refractivity contribution in [3.05, 3.63) is 34.5 Å². The van der Waals surface area contributed by atoms with Crippen LogP contribution in [0.3, 0.4) is 0 Å². The van der Waals surface area contributed by atoms with Gasteiger partial charge in [-0.25, -0.2) is 0 Å². The fourth-order valence-corrected chi connectivity index (χ4v) is 3.14. The number of carbonyl (C=O) groups excluding carboxylic acids is 1. The molecule has 0 radical (unpaired) electrons. The first-order chi connectivity index (χ1) is 10.5. The minimum Gasteiger partial charge on any atom is -0.360 e. The minimum absolute atomic E-state index is 0.0132. The van der Waals surface area contributed by atoms with Crippen molar-refractivity contribution in [2.75, 3.05) is 0 Å². The zero-order valence-electron chi connectivity index (χ0n) is 13.5. The van der Waals surface area contributed by atoms with Gasteiger partial charge in [0, 0.05) is 24.2 Å². The van der Waals surface area contributed by atoms with Crippen LogP contribution in [0.5, 0.6) is 0 Å². The van der Waals surface area contributed by atoms with Gasteiger partial charge in [0.05, 0.1) is 17.9 Å². The Bertz CT molecular complexity index is 699. The van der Waals surface area contributed by atoms with E-state index < -0.39 is 0 Å². The molecule has 1 atom stereocenters. The van der Waals surface area contributed by atoms with Crippen LogP contribution in [-0.4, -0.2) is 20.8 Å². The second kappa shape index (κ2) is 5.59. The van der Waals surface area contributed by atoms with Crippen LogP contribution in [0.2, 0.25) is 0 Å². The SMILES string of the molecule is Cc1noc(C(C)C)c1C(=O)NC1CCCc2c1cnn2C. The number of carbonyl (C=O) groups is 1. The van der Waals surface area contributed by atoms with Gasteiger partial charge < -0.3 is 9.84 Å². The lowest BCUT2D eigenvalue weighted by atomic mass is 9.92. The number of nitrogens with zero attached hydrogens (tertiary/aromatic N) is 3.